The fourth-order valence-electron chi connectivity index (χ4n) is 10.9. The van der Waals surface area contributed by atoms with Crippen LogP contribution in [0.2, 0.25) is 0 Å². The summed E-state index contributed by atoms with van der Waals surface area (Å²) in [5.74, 6) is 3.40. The second kappa shape index (κ2) is 19.2. The van der Waals surface area contributed by atoms with Gasteiger partial charge < -0.3 is 9.13 Å². The smallest absolute Gasteiger partial charge is 0.188 e. The van der Waals surface area contributed by atoms with Gasteiger partial charge in [-0.1, -0.05) is 181 Å². The Hall–Kier alpha value is -11.2. The predicted octanol–water partition coefficient (Wildman–Crippen LogP) is 16.7. The predicted molar refractivity (Wildman–Crippen MR) is 316 cm³/mol. The van der Waals surface area contributed by atoms with Gasteiger partial charge in [-0.05, 0) is 73.2 Å². The third-order valence-corrected chi connectivity index (χ3v) is 14.5. The molecule has 0 bridgehead atoms. The van der Waals surface area contributed by atoms with Gasteiger partial charge in [-0.25, -0.2) is 34.7 Å². The summed E-state index contributed by atoms with van der Waals surface area (Å²) >= 11 is 0. The van der Waals surface area contributed by atoms with Crippen molar-refractivity contribution in [3.63, 3.8) is 0 Å². The first-order valence-electron chi connectivity index (χ1n) is 25.9. The molecule has 0 saturated carbocycles. The van der Waals surface area contributed by atoms with Gasteiger partial charge in [0.25, 0.3) is 0 Å². The number of para-hydroxylation sites is 2. The van der Waals surface area contributed by atoms with E-state index >= 15 is 0 Å². The summed E-state index contributed by atoms with van der Waals surface area (Å²) in [5, 5.41) is 15.8. The van der Waals surface area contributed by atoms with E-state index < -0.39 is 0 Å². The Bertz CT molecular complexity index is 4690. The molecule has 0 spiro atoms. The van der Waals surface area contributed by atoms with Crippen molar-refractivity contribution in [2.75, 3.05) is 0 Å². The molecule has 0 aliphatic heterocycles. The molecule has 0 amide bonds. The third kappa shape index (κ3) is 8.13. The molecular formula is C69H42N10. The molecule has 0 fully saturated rings. The third-order valence-electron chi connectivity index (χ3n) is 14.5. The van der Waals surface area contributed by atoms with Crippen LogP contribution in [0.15, 0.2) is 237 Å². The van der Waals surface area contributed by atoms with E-state index in [0.717, 1.165) is 93.7 Å². The first kappa shape index (κ1) is 46.3. The standard InChI is InChI=1S/C69H42N10/c1-43-37-50(39-51(38-43)71-2)52-33-36-62(78-58-29-17-15-27-53(58)55-40-48(31-34-60(55)78)68-74-64(44-19-7-3-8-20-44)72-65(75-68)45-21-9-4-10-22-45)57(42-70)63(52)79-59-30-18-16-28-54(59)56-41-49(32-35-61(56)79)69-76-66(46-23-11-5-12-24-46)73-67(77-69)47-25-13-6-14-26-47/h3-41H,1H3. The van der Waals surface area contributed by atoms with E-state index in [2.05, 4.69) is 92.8 Å². The molecule has 14 aromatic rings. The summed E-state index contributed by atoms with van der Waals surface area (Å²) in [5.41, 5.74) is 13.7. The van der Waals surface area contributed by atoms with Crippen LogP contribution in [0.4, 0.5) is 5.69 Å². The van der Waals surface area contributed by atoms with E-state index in [1.165, 1.54) is 0 Å². The molecule has 4 heterocycles. The highest BCUT2D eigenvalue weighted by atomic mass is 15.1. The summed E-state index contributed by atoms with van der Waals surface area (Å²) in [6, 6.07) is 81.9. The van der Waals surface area contributed by atoms with Crippen LogP contribution in [0.5, 0.6) is 0 Å². The maximum absolute atomic E-state index is 11.9. The zero-order chi connectivity index (χ0) is 53.0. The number of benzene rings is 10. The minimum Gasteiger partial charge on any atom is -0.308 e. The molecule has 0 radical (unpaired) electrons. The summed E-state index contributed by atoms with van der Waals surface area (Å²) in [6.07, 6.45) is 0. The van der Waals surface area contributed by atoms with Crippen LogP contribution < -0.4 is 0 Å². The lowest BCUT2D eigenvalue weighted by Crippen LogP contribution is -2.06. The summed E-state index contributed by atoms with van der Waals surface area (Å²) in [7, 11) is 0. The lowest BCUT2D eigenvalue weighted by atomic mass is 9.96. The zero-order valence-electron chi connectivity index (χ0n) is 42.5. The van der Waals surface area contributed by atoms with Gasteiger partial charge in [-0.3, -0.25) is 0 Å². The van der Waals surface area contributed by atoms with Gasteiger partial charge in [-0.15, -0.1) is 0 Å². The maximum atomic E-state index is 11.9. The number of fused-ring (bicyclic) bond motifs is 6. The Kier molecular flexibility index (Phi) is 11.3. The van der Waals surface area contributed by atoms with Crippen LogP contribution in [0.25, 0.3) is 139 Å². The second-order valence-corrected chi connectivity index (χ2v) is 19.4. The molecular weight excluding hydrogens is 969 g/mol. The van der Waals surface area contributed by atoms with Crippen LogP contribution >= 0.6 is 0 Å². The summed E-state index contributed by atoms with van der Waals surface area (Å²) < 4.78 is 4.41. The molecule has 10 nitrogen and oxygen atoms in total. The minimum absolute atomic E-state index is 0.455. The molecule has 10 aromatic carbocycles. The highest BCUT2D eigenvalue weighted by molar-refractivity contribution is 6.13. The van der Waals surface area contributed by atoms with E-state index in [9.17, 15) is 5.26 Å². The summed E-state index contributed by atoms with van der Waals surface area (Å²) in [6.45, 7) is 10.1. The largest absolute Gasteiger partial charge is 0.308 e. The van der Waals surface area contributed by atoms with Crippen LogP contribution in [0.3, 0.4) is 0 Å². The van der Waals surface area contributed by atoms with Gasteiger partial charge in [-0.2, -0.15) is 5.26 Å². The normalized spacial score (nSPS) is 11.3. The Morgan fingerprint density at radius 3 is 1.20 bits per heavy atom. The highest BCUT2D eigenvalue weighted by Gasteiger charge is 2.26. The first-order valence-corrected chi connectivity index (χ1v) is 25.9. The first-order chi connectivity index (χ1) is 39.0. The lowest BCUT2D eigenvalue weighted by molar-refractivity contribution is 1.07. The monoisotopic (exact) mass is 1010 g/mol. The average molecular weight is 1010 g/mol. The maximum Gasteiger partial charge on any atom is 0.188 e. The fraction of sp³-hybridized carbons (Fsp3) is 0.0145. The Labute approximate surface area is 454 Å². The number of hydrogen-bond acceptors (Lipinski definition) is 7. The van der Waals surface area contributed by atoms with Crippen LogP contribution in [-0.2, 0) is 0 Å². The number of nitriles is 1. The summed E-state index contributed by atoms with van der Waals surface area (Å²) in [4.78, 5) is 34.1. The lowest BCUT2D eigenvalue weighted by Gasteiger charge is -2.20. The van der Waals surface area contributed by atoms with Crippen molar-refractivity contribution in [1.29, 1.82) is 5.26 Å². The van der Waals surface area contributed by atoms with Crippen molar-refractivity contribution >= 4 is 49.3 Å². The van der Waals surface area contributed by atoms with Crippen molar-refractivity contribution in [3.05, 3.63) is 259 Å². The number of rotatable bonds is 9. The zero-order valence-corrected chi connectivity index (χ0v) is 42.5. The van der Waals surface area contributed by atoms with Gasteiger partial charge in [0.1, 0.15) is 11.6 Å². The van der Waals surface area contributed by atoms with Crippen LogP contribution in [-0.4, -0.2) is 39.0 Å². The molecule has 14 rings (SSSR count). The van der Waals surface area contributed by atoms with Gasteiger partial charge in [0, 0.05) is 60.5 Å². The molecule has 0 saturated heterocycles. The molecule has 10 heteroatoms. The molecule has 368 valence electrons. The van der Waals surface area contributed by atoms with Crippen molar-refractivity contribution in [2.24, 2.45) is 0 Å². The average Bonchev–Trinajstić information content (AvgIpc) is 4.20. The fourth-order valence-corrected chi connectivity index (χ4v) is 10.9. The number of aryl methyl sites for hydroxylation is 1. The SMILES string of the molecule is [C-]#[N+]c1cc(C)cc(-c2ccc(-n3c4ccccc4c4cc(-c5nc(-c6ccccc6)nc(-c6ccccc6)n5)ccc43)c(C#N)c2-n2c3ccccc3c3cc(-c4nc(-c5ccccc5)nc(-c5ccccc5)n4)ccc32)c1. The van der Waals surface area contributed by atoms with Crippen LogP contribution in [0, 0.1) is 24.8 Å². The molecule has 0 aliphatic rings. The number of hydrogen-bond donors (Lipinski definition) is 0. The molecule has 0 aliphatic carbocycles. The second-order valence-electron chi connectivity index (χ2n) is 19.4. The number of aromatic nitrogens is 8. The van der Waals surface area contributed by atoms with Gasteiger partial charge in [0.15, 0.2) is 40.6 Å². The Balaban J connectivity index is 0.997. The minimum atomic E-state index is 0.455. The van der Waals surface area contributed by atoms with Crippen molar-refractivity contribution < 1.29 is 0 Å². The van der Waals surface area contributed by atoms with Gasteiger partial charge in [0.05, 0.1) is 40.0 Å². The van der Waals surface area contributed by atoms with Crippen LogP contribution in [0.1, 0.15) is 11.1 Å². The molecule has 4 aromatic heterocycles. The molecule has 79 heavy (non-hydrogen) atoms. The number of nitrogens with zero attached hydrogens (tertiary/aromatic N) is 10. The molecule has 0 N–H and O–H groups in total. The highest BCUT2D eigenvalue weighted by Crippen LogP contribution is 2.44. The molecule has 0 atom stereocenters. The van der Waals surface area contributed by atoms with Crippen molar-refractivity contribution in [3.8, 4) is 96.9 Å². The Morgan fingerprint density at radius 1 is 0.367 bits per heavy atom. The van der Waals surface area contributed by atoms with E-state index in [1.807, 2.05) is 171 Å². The quantitative estimate of drug-likeness (QED) is 0.132. The molecule has 0 unspecified atom stereocenters. The van der Waals surface area contributed by atoms with E-state index in [-0.39, 0.29) is 0 Å². The van der Waals surface area contributed by atoms with E-state index in [0.29, 0.717) is 57.6 Å². The van der Waals surface area contributed by atoms with Gasteiger partial charge >= 0.3 is 0 Å². The topological polar surface area (TPSA) is 115 Å². The van der Waals surface area contributed by atoms with E-state index in [4.69, 9.17) is 36.5 Å². The van der Waals surface area contributed by atoms with Crippen molar-refractivity contribution in [2.45, 2.75) is 6.92 Å². The van der Waals surface area contributed by atoms with Gasteiger partial charge in [0.2, 0.25) is 0 Å². The van der Waals surface area contributed by atoms with Crippen molar-refractivity contribution in [1.82, 2.24) is 39.0 Å². The Morgan fingerprint density at radius 2 is 0.759 bits per heavy atom. The van der Waals surface area contributed by atoms with E-state index in [1.54, 1.807) is 0 Å².